The van der Waals surface area contributed by atoms with Crippen LogP contribution in [0.5, 0.6) is 5.88 Å². The lowest BCUT2D eigenvalue weighted by Crippen LogP contribution is -1.94. The third kappa shape index (κ3) is 2.04. The van der Waals surface area contributed by atoms with E-state index in [1.807, 2.05) is 18.2 Å². The van der Waals surface area contributed by atoms with Crippen LogP contribution in [0.1, 0.15) is 6.42 Å². The van der Waals surface area contributed by atoms with Gasteiger partial charge in [-0.25, -0.2) is 0 Å². The normalized spacial score (nSPS) is 11.1. The summed E-state index contributed by atoms with van der Waals surface area (Å²) in [4.78, 5) is 0. The molecule has 92 valence electrons. The minimum Gasteiger partial charge on any atom is -0.493 e. The summed E-state index contributed by atoms with van der Waals surface area (Å²) < 4.78 is 1.34. The van der Waals surface area contributed by atoms with Crippen LogP contribution in [-0.2, 0) is 6.73 Å². The van der Waals surface area contributed by atoms with Gasteiger partial charge in [0.15, 0.2) is 5.69 Å². The number of fused-ring (bicyclic) bond motifs is 1. The standard InChI is InChI=1S/C12H12N4O2/c13-6-3-7-14-15-11-9-4-1-2-5-10(9)16(8-17)12(11)18/h1-2,4-5,17-18H,3,7-8H2. The second kappa shape index (κ2) is 5.29. The molecular formula is C12H12N4O2. The van der Waals surface area contributed by atoms with Gasteiger partial charge in [0.2, 0.25) is 5.88 Å². The molecule has 2 N–H and O–H groups in total. The fourth-order valence-corrected chi connectivity index (χ4v) is 1.73. The van der Waals surface area contributed by atoms with E-state index >= 15 is 0 Å². The molecule has 0 bridgehead atoms. The van der Waals surface area contributed by atoms with Crippen molar-refractivity contribution in [2.24, 2.45) is 10.2 Å². The zero-order valence-electron chi connectivity index (χ0n) is 9.61. The van der Waals surface area contributed by atoms with Crippen molar-refractivity contribution in [3.05, 3.63) is 24.3 Å². The summed E-state index contributed by atoms with van der Waals surface area (Å²) in [5, 5.41) is 36.1. The Kier molecular flexibility index (Phi) is 3.55. The highest BCUT2D eigenvalue weighted by Crippen LogP contribution is 2.38. The van der Waals surface area contributed by atoms with Crippen LogP contribution >= 0.6 is 0 Å². The number of aliphatic hydroxyl groups excluding tert-OH is 1. The number of azo groups is 1. The summed E-state index contributed by atoms with van der Waals surface area (Å²) in [6.45, 7) is -0.0470. The van der Waals surface area contributed by atoms with Gasteiger partial charge in [-0.3, -0.25) is 4.57 Å². The second-order valence-corrected chi connectivity index (χ2v) is 3.63. The molecule has 0 saturated carbocycles. The second-order valence-electron chi connectivity index (χ2n) is 3.63. The van der Waals surface area contributed by atoms with Gasteiger partial charge in [0.25, 0.3) is 0 Å². The molecule has 2 aromatic rings. The molecule has 0 amide bonds. The maximum absolute atomic E-state index is 9.95. The minimum absolute atomic E-state index is 0.126. The molecule has 6 nitrogen and oxygen atoms in total. The van der Waals surface area contributed by atoms with E-state index in [0.29, 0.717) is 16.6 Å². The van der Waals surface area contributed by atoms with E-state index in [1.165, 1.54) is 4.57 Å². The van der Waals surface area contributed by atoms with E-state index in [0.717, 1.165) is 0 Å². The third-order valence-corrected chi connectivity index (χ3v) is 2.55. The molecule has 6 heteroatoms. The van der Waals surface area contributed by atoms with Gasteiger partial charge in [-0.15, -0.1) is 5.11 Å². The molecule has 1 heterocycles. The fourth-order valence-electron chi connectivity index (χ4n) is 1.73. The number of hydrogen-bond donors (Lipinski definition) is 2. The minimum atomic E-state index is -0.333. The van der Waals surface area contributed by atoms with E-state index < -0.39 is 0 Å². The van der Waals surface area contributed by atoms with Crippen LogP contribution in [0.3, 0.4) is 0 Å². The molecule has 18 heavy (non-hydrogen) atoms. The number of nitrogens with zero attached hydrogens (tertiary/aromatic N) is 4. The smallest absolute Gasteiger partial charge is 0.222 e. The highest BCUT2D eigenvalue weighted by atomic mass is 16.3. The van der Waals surface area contributed by atoms with Gasteiger partial charge in [0.05, 0.1) is 24.6 Å². The largest absolute Gasteiger partial charge is 0.493 e. The van der Waals surface area contributed by atoms with Gasteiger partial charge in [0, 0.05) is 5.39 Å². The number of rotatable bonds is 4. The SMILES string of the molecule is N#CCCN=Nc1c(O)n(CO)c2ccccc12. The lowest BCUT2D eigenvalue weighted by molar-refractivity contribution is 0.202. The van der Waals surface area contributed by atoms with Crippen LogP contribution in [0, 0.1) is 11.3 Å². The molecule has 0 saturated heterocycles. The Labute approximate surface area is 103 Å². The first kappa shape index (κ1) is 12.1. The Hall–Kier alpha value is -2.39. The van der Waals surface area contributed by atoms with Crippen LogP contribution < -0.4 is 0 Å². The quantitative estimate of drug-likeness (QED) is 0.638. The van der Waals surface area contributed by atoms with Crippen molar-refractivity contribution >= 4 is 16.6 Å². The van der Waals surface area contributed by atoms with E-state index in [4.69, 9.17) is 5.26 Å². The molecular weight excluding hydrogens is 232 g/mol. The Morgan fingerprint density at radius 3 is 2.83 bits per heavy atom. The van der Waals surface area contributed by atoms with Crippen molar-refractivity contribution in [1.82, 2.24) is 4.57 Å². The Morgan fingerprint density at radius 2 is 2.11 bits per heavy atom. The van der Waals surface area contributed by atoms with Crippen molar-refractivity contribution in [2.75, 3.05) is 6.54 Å². The van der Waals surface area contributed by atoms with Gasteiger partial charge < -0.3 is 10.2 Å². The van der Waals surface area contributed by atoms with Gasteiger partial charge in [0.1, 0.15) is 6.73 Å². The molecule has 0 radical (unpaired) electrons. The first-order valence-corrected chi connectivity index (χ1v) is 5.45. The Bertz CT molecular complexity index is 625. The maximum Gasteiger partial charge on any atom is 0.222 e. The lowest BCUT2D eigenvalue weighted by Gasteiger charge is -2.00. The summed E-state index contributed by atoms with van der Waals surface area (Å²) in [7, 11) is 0. The molecule has 0 aliphatic rings. The van der Waals surface area contributed by atoms with Crippen LogP contribution in [0.25, 0.3) is 10.9 Å². The highest BCUT2D eigenvalue weighted by molar-refractivity contribution is 5.94. The number of hydrogen-bond acceptors (Lipinski definition) is 5. The topological polar surface area (TPSA) is 93.9 Å². The average Bonchev–Trinajstić information content (AvgIpc) is 2.67. The molecule has 2 rings (SSSR count). The van der Waals surface area contributed by atoms with E-state index in [1.54, 1.807) is 12.1 Å². The summed E-state index contributed by atoms with van der Waals surface area (Å²) in [5.41, 5.74) is 1.00. The monoisotopic (exact) mass is 244 g/mol. The van der Waals surface area contributed by atoms with Crippen molar-refractivity contribution in [3.63, 3.8) is 0 Å². The molecule has 0 aliphatic carbocycles. The summed E-state index contributed by atoms with van der Waals surface area (Å²) in [6, 6.07) is 9.16. The van der Waals surface area contributed by atoms with E-state index in [2.05, 4.69) is 10.2 Å². The number of nitriles is 1. The number of para-hydroxylation sites is 1. The van der Waals surface area contributed by atoms with Crippen molar-refractivity contribution in [1.29, 1.82) is 5.26 Å². The molecule has 0 aliphatic heterocycles. The van der Waals surface area contributed by atoms with E-state index in [-0.39, 0.29) is 25.6 Å². The first-order chi connectivity index (χ1) is 8.79. The van der Waals surface area contributed by atoms with E-state index in [9.17, 15) is 10.2 Å². The third-order valence-electron chi connectivity index (χ3n) is 2.55. The molecule has 0 unspecified atom stereocenters. The van der Waals surface area contributed by atoms with Gasteiger partial charge in [-0.1, -0.05) is 18.2 Å². The molecule has 1 aromatic carbocycles. The average molecular weight is 244 g/mol. The number of aromatic hydroxyl groups is 1. The number of aromatic nitrogens is 1. The van der Waals surface area contributed by atoms with Crippen LogP contribution in [0.4, 0.5) is 5.69 Å². The van der Waals surface area contributed by atoms with Crippen molar-refractivity contribution in [2.45, 2.75) is 13.2 Å². The summed E-state index contributed by atoms with van der Waals surface area (Å²) in [5.74, 6) is -0.126. The zero-order valence-corrected chi connectivity index (χ0v) is 9.61. The molecule has 0 fully saturated rings. The molecule has 0 atom stereocenters. The first-order valence-electron chi connectivity index (χ1n) is 5.45. The summed E-state index contributed by atoms with van der Waals surface area (Å²) in [6.07, 6.45) is 0.281. The van der Waals surface area contributed by atoms with Crippen LogP contribution in [0.15, 0.2) is 34.5 Å². The zero-order chi connectivity index (χ0) is 13.0. The predicted octanol–water partition coefficient (Wildman–Crippen LogP) is 2.29. The number of benzene rings is 1. The summed E-state index contributed by atoms with van der Waals surface area (Å²) >= 11 is 0. The fraction of sp³-hybridized carbons (Fsp3) is 0.250. The van der Waals surface area contributed by atoms with Gasteiger partial charge in [-0.05, 0) is 6.07 Å². The lowest BCUT2D eigenvalue weighted by atomic mass is 10.2. The van der Waals surface area contributed by atoms with Gasteiger partial charge >= 0.3 is 0 Å². The highest BCUT2D eigenvalue weighted by Gasteiger charge is 2.15. The van der Waals surface area contributed by atoms with Crippen LogP contribution in [0.2, 0.25) is 0 Å². The maximum atomic E-state index is 9.95. The Morgan fingerprint density at radius 1 is 1.33 bits per heavy atom. The predicted molar refractivity (Wildman–Crippen MR) is 65.4 cm³/mol. The molecule has 1 aromatic heterocycles. The van der Waals surface area contributed by atoms with Crippen molar-refractivity contribution < 1.29 is 10.2 Å². The Balaban J connectivity index is 2.47. The molecule has 0 spiro atoms. The number of aliphatic hydroxyl groups is 1. The van der Waals surface area contributed by atoms with Gasteiger partial charge in [-0.2, -0.15) is 10.4 Å². The van der Waals surface area contributed by atoms with Crippen molar-refractivity contribution in [3.8, 4) is 11.9 Å². The van der Waals surface area contributed by atoms with Crippen LogP contribution in [-0.4, -0.2) is 21.3 Å².